The molecule has 0 aliphatic carbocycles. The number of ether oxygens (including phenoxy) is 2. The van der Waals surface area contributed by atoms with Crippen LogP contribution in [0.2, 0.25) is 15.1 Å². The van der Waals surface area contributed by atoms with Gasteiger partial charge in [0.2, 0.25) is 0 Å². The molecule has 0 atom stereocenters. The molecule has 0 saturated carbocycles. The first-order chi connectivity index (χ1) is 17.2. The maximum Gasteiger partial charge on any atom is 0.282 e. The van der Waals surface area contributed by atoms with Gasteiger partial charge < -0.3 is 9.47 Å². The summed E-state index contributed by atoms with van der Waals surface area (Å²) in [5.41, 5.74) is 1.72. The van der Waals surface area contributed by atoms with E-state index in [9.17, 15) is 4.79 Å². The first kappa shape index (κ1) is 26.5. The van der Waals surface area contributed by atoms with Crippen molar-refractivity contribution >= 4 is 67.9 Å². The number of fused-ring (bicyclic) bond motifs is 1. The van der Waals surface area contributed by atoms with Crippen molar-refractivity contribution in [1.82, 2.24) is 9.66 Å². The molecule has 0 unspecified atom stereocenters. The van der Waals surface area contributed by atoms with Gasteiger partial charge in [-0.2, -0.15) is 9.78 Å². The van der Waals surface area contributed by atoms with Crippen LogP contribution < -0.4 is 15.0 Å². The molecular formula is C26H21BrCl3N3O3. The van der Waals surface area contributed by atoms with E-state index in [1.807, 2.05) is 19.9 Å². The van der Waals surface area contributed by atoms with E-state index in [1.165, 1.54) is 18.0 Å². The van der Waals surface area contributed by atoms with Crippen molar-refractivity contribution in [3.8, 4) is 11.5 Å². The lowest BCUT2D eigenvalue weighted by Crippen LogP contribution is -2.23. The summed E-state index contributed by atoms with van der Waals surface area (Å²) in [6.07, 6.45) is 1.53. The van der Waals surface area contributed by atoms with Gasteiger partial charge in [0.05, 0.1) is 29.2 Å². The molecule has 6 nitrogen and oxygen atoms in total. The Morgan fingerprint density at radius 2 is 1.86 bits per heavy atom. The zero-order chi connectivity index (χ0) is 26.0. The summed E-state index contributed by atoms with van der Waals surface area (Å²) in [7, 11) is 1.52. The molecule has 0 aliphatic heterocycles. The van der Waals surface area contributed by atoms with Gasteiger partial charge >= 0.3 is 0 Å². The van der Waals surface area contributed by atoms with Crippen LogP contribution in [-0.2, 0) is 6.61 Å². The maximum atomic E-state index is 13.2. The van der Waals surface area contributed by atoms with E-state index in [-0.39, 0.29) is 18.1 Å². The summed E-state index contributed by atoms with van der Waals surface area (Å²) in [4.78, 5) is 17.9. The fraction of sp³-hybridized carbons (Fsp3) is 0.192. The fourth-order valence-electron chi connectivity index (χ4n) is 3.52. The largest absolute Gasteiger partial charge is 0.493 e. The third-order valence-corrected chi connectivity index (χ3v) is 6.67. The highest BCUT2D eigenvalue weighted by atomic mass is 79.9. The number of nitrogens with zero attached hydrogens (tertiary/aromatic N) is 3. The van der Waals surface area contributed by atoms with Crippen molar-refractivity contribution in [1.29, 1.82) is 0 Å². The lowest BCUT2D eigenvalue weighted by atomic mass is 10.2. The molecule has 0 saturated heterocycles. The minimum absolute atomic E-state index is 0.0310. The summed E-state index contributed by atoms with van der Waals surface area (Å²) in [5, 5.41) is 6.26. The summed E-state index contributed by atoms with van der Waals surface area (Å²) >= 11 is 22.1. The number of rotatable bonds is 7. The second-order valence-electron chi connectivity index (χ2n) is 8.21. The van der Waals surface area contributed by atoms with E-state index in [1.54, 1.807) is 42.5 Å². The highest BCUT2D eigenvalue weighted by Gasteiger charge is 2.15. The Balaban J connectivity index is 1.68. The Morgan fingerprint density at radius 1 is 1.08 bits per heavy atom. The van der Waals surface area contributed by atoms with Gasteiger partial charge in [0.15, 0.2) is 11.5 Å². The Labute approximate surface area is 231 Å². The Hall–Kier alpha value is -2.58. The number of hydrogen-bond acceptors (Lipinski definition) is 5. The second-order valence-corrected chi connectivity index (χ2v) is 10.4. The predicted octanol–water partition coefficient (Wildman–Crippen LogP) is 7.71. The summed E-state index contributed by atoms with van der Waals surface area (Å²) in [5.74, 6) is 1.28. The lowest BCUT2D eigenvalue weighted by Gasteiger charge is -2.14. The number of methoxy groups -OCH3 is 1. The third-order valence-electron chi connectivity index (χ3n) is 5.31. The van der Waals surface area contributed by atoms with Crippen molar-refractivity contribution in [3.05, 3.63) is 95.4 Å². The van der Waals surface area contributed by atoms with Gasteiger partial charge in [-0.15, -0.1) is 0 Å². The SMILES string of the molecule is COc1cc(C=Nn2c(C(C)C)nc3ccc(Br)cc3c2=O)cc(Cl)c1OCc1ccc(Cl)cc1Cl. The van der Waals surface area contributed by atoms with Crippen LogP contribution in [0.5, 0.6) is 11.5 Å². The summed E-state index contributed by atoms with van der Waals surface area (Å²) in [6.45, 7) is 4.08. The molecule has 36 heavy (non-hydrogen) atoms. The van der Waals surface area contributed by atoms with Gasteiger partial charge in [-0.05, 0) is 48.0 Å². The molecule has 0 fully saturated rings. The molecule has 0 N–H and O–H groups in total. The normalized spacial score (nSPS) is 11.6. The van der Waals surface area contributed by atoms with Crippen LogP contribution in [0.4, 0.5) is 0 Å². The van der Waals surface area contributed by atoms with Gasteiger partial charge in [-0.25, -0.2) is 4.98 Å². The minimum atomic E-state index is -0.265. The molecule has 1 heterocycles. The van der Waals surface area contributed by atoms with Gasteiger partial charge in [0.25, 0.3) is 5.56 Å². The van der Waals surface area contributed by atoms with Crippen molar-refractivity contribution in [2.45, 2.75) is 26.4 Å². The van der Waals surface area contributed by atoms with E-state index in [0.29, 0.717) is 48.9 Å². The molecule has 186 valence electrons. The minimum Gasteiger partial charge on any atom is -0.493 e. The molecule has 4 rings (SSSR count). The zero-order valence-corrected chi connectivity index (χ0v) is 23.4. The molecule has 3 aromatic carbocycles. The zero-order valence-electron chi connectivity index (χ0n) is 19.6. The third kappa shape index (κ3) is 5.70. The van der Waals surface area contributed by atoms with Crippen LogP contribution >= 0.6 is 50.7 Å². The van der Waals surface area contributed by atoms with E-state index in [2.05, 4.69) is 26.0 Å². The molecule has 4 aromatic rings. The summed E-state index contributed by atoms with van der Waals surface area (Å²) < 4.78 is 13.5. The van der Waals surface area contributed by atoms with Crippen LogP contribution in [-0.4, -0.2) is 23.0 Å². The topological polar surface area (TPSA) is 65.7 Å². The molecule has 0 radical (unpaired) electrons. The Kier molecular flexibility index (Phi) is 8.25. The second kappa shape index (κ2) is 11.2. The molecule has 0 aliphatic rings. The van der Waals surface area contributed by atoms with Crippen LogP contribution in [0.3, 0.4) is 0 Å². The number of hydrogen-bond donors (Lipinski definition) is 0. The number of benzene rings is 3. The van der Waals surface area contributed by atoms with Crippen molar-refractivity contribution in [2.24, 2.45) is 5.10 Å². The maximum absolute atomic E-state index is 13.2. The van der Waals surface area contributed by atoms with Crippen molar-refractivity contribution in [2.75, 3.05) is 7.11 Å². The van der Waals surface area contributed by atoms with Crippen LogP contribution in [0.25, 0.3) is 10.9 Å². The lowest BCUT2D eigenvalue weighted by molar-refractivity contribution is 0.285. The van der Waals surface area contributed by atoms with E-state index >= 15 is 0 Å². The van der Waals surface area contributed by atoms with Gasteiger partial charge in [0, 0.05) is 26.0 Å². The molecule has 1 aromatic heterocycles. The van der Waals surface area contributed by atoms with E-state index in [0.717, 1.165) is 10.0 Å². The van der Waals surface area contributed by atoms with Gasteiger partial charge in [0.1, 0.15) is 12.4 Å². The number of halogens is 4. The molecule has 0 amide bonds. The Bertz CT molecular complexity index is 1540. The van der Waals surface area contributed by atoms with Crippen LogP contribution in [0, 0.1) is 0 Å². The average Bonchev–Trinajstić information content (AvgIpc) is 2.83. The Morgan fingerprint density at radius 3 is 2.56 bits per heavy atom. The van der Waals surface area contributed by atoms with Crippen LogP contribution in [0.15, 0.2) is 62.9 Å². The first-order valence-electron chi connectivity index (χ1n) is 10.9. The fourth-order valence-corrected chi connectivity index (χ4v) is 4.62. The standard InChI is InChI=1S/C26H21BrCl3N3O3/c1-14(2)25-32-22-7-5-17(27)10-19(22)26(34)33(25)31-12-15-8-21(30)24(23(9-15)35-3)36-13-16-4-6-18(28)11-20(16)29/h4-12,14H,13H2,1-3H3. The van der Waals surface area contributed by atoms with Gasteiger partial charge in [-0.1, -0.05) is 70.6 Å². The molecule has 0 bridgehead atoms. The average molecular weight is 610 g/mol. The van der Waals surface area contributed by atoms with Crippen molar-refractivity contribution in [3.63, 3.8) is 0 Å². The first-order valence-corrected chi connectivity index (χ1v) is 12.8. The van der Waals surface area contributed by atoms with Crippen molar-refractivity contribution < 1.29 is 9.47 Å². The van der Waals surface area contributed by atoms with E-state index in [4.69, 9.17) is 44.3 Å². The molecular weight excluding hydrogens is 589 g/mol. The predicted molar refractivity (Wildman–Crippen MR) is 150 cm³/mol. The summed E-state index contributed by atoms with van der Waals surface area (Å²) in [6, 6.07) is 14.0. The quantitative estimate of drug-likeness (QED) is 0.201. The van der Waals surface area contributed by atoms with E-state index < -0.39 is 0 Å². The number of aromatic nitrogens is 2. The highest BCUT2D eigenvalue weighted by Crippen LogP contribution is 2.37. The molecule has 0 spiro atoms. The molecule has 10 heteroatoms. The highest BCUT2D eigenvalue weighted by molar-refractivity contribution is 9.10. The van der Waals surface area contributed by atoms with Gasteiger partial charge in [-0.3, -0.25) is 4.79 Å². The monoisotopic (exact) mass is 607 g/mol. The smallest absolute Gasteiger partial charge is 0.282 e. The van der Waals surface area contributed by atoms with Crippen LogP contribution in [0.1, 0.15) is 36.7 Å².